The number of carbonyl (C=O) groups is 1. The molecule has 2 aromatic heterocycles. The Bertz CT molecular complexity index is 2510. The van der Waals surface area contributed by atoms with E-state index in [1.807, 2.05) is 61.9 Å². The third-order valence-corrected chi connectivity index (χ3v) is 13.0. The number of aromatic nitrogens is 3. The van der Waals surface area contributed by atoms with E-state index in [1.54, 1.807) is 43.4 Å². The van der Waals surface area contributed by atoms with E-state index in [-0.39, 0.29) is 71.0 Å². The molecule has 3 aromatic carbocycles. The monoisotopic (exact) mass is 933 g/mol. The molecule has 0 N–H and O–H groups in total. The lowest BCUT2D eigenvalue weighted by Gasteiger charge is -2.37. The summed E-state index contributed by atoms with van der Waals surface area (Å²) in [6.45, 7) is 9.66. The lowest BCUT2D eigenvalue weighted by atomic mass is 9.95. The largest absolute Gasteiger partial charge is 0.497 e. The summed E-state index contributed by atoms with van der Waals surface area (Å²) in [5, 5.41) is -0.107. The van der Waals surface area contributed by atoms with Crippen molar-refractivity contribution in [3.63, 3.8) is 0 Å². The molecule has 0 saturated carbocycles. The van der Waals surface area contributed by atoms with Crippen LogP contribution in [-0.2, 0) is 24.0 Å². The number of rotatable bonds is 12. The van der Waals surface area contributed by atoms with E-state index in [0.29, 0.717) is 37.0 Å². The van der Waals surface area contributed by atoms with Crippen molar-refractivity contribution in [2.24, 2.45) is 5.92 Å². The summed E-state index contributed by atoms with van der Waals surface area (Å²) < 4.78 is 86.6. The molecule has 6 heterocycles. The number of benzene rings is 3. The van der Waals surface area contributed by atoms with Crippen molar-refractivity contribution in [2.45, 2.75) is 90.3 Å². The van der Waals surface area contributed by atoms with E-state index in [4.69, 9.17) is 35.5 Å². The van der Waals surface area contributed by atoms with Crippen molar-refractivity contribution in [1.82, 2.24) is 24.8 Å². The number of carbonyl (C=O) groups excluding carboxylic acids is 1. The number of aryl methyl sites for hydroxylation is 1. The van der Waals surface area contributed by atoms with Crippen LogP contribution in [0.3, 0.4) is 0 Å². The number of hydrogen-bond acceptors (Lipinski definition) is 11. The van der Waals surface area contributed by atoms with Gasteiger partial charge in [0.25, 0.3) is 0 Å². The van der Waals surface area contributed by atoms with E-state index in [1.165, 1.54) is 19.1 Å². The summed E-state index contributed by atoms with van der Waals surface area (Å²) in [7, 11) is 5.13. The molecular formula is C49H56ClF4N7O5. The number of amides is 1. The molecule has 352 valence electrons. The van der Waals surface area contributed by atoms with E-state index in [9.17, 15) is 4.79 Å². The first-order chi connectivity index (χ1) is 31.4. The number of hydrogen-bond donors (Lipinski definition) is 0. The zero-order chi connectivity index (χ0) is 47.1. The fourth-order valence-corrected chi connectivity index (χ4v) is 9.60. The SMILES string of the molecule is COc1ccc(CN(Cc2ccc(OC)cc2)c2cc(C)c(C(F)(F)F)c(-c3c(Cl)cc4c(N5CC6CCC(C5)N(C(=O)OC(C)(C)C)C6)nc(OC[C@@H]5CCCN5C)nc4c3F)n2)cc1. The summed E-state index contributed by atoms with van der Waals surface area (Å²) in [6.07, 6.45) is -1.93. The van der Waals surface area contributed by atoms with E-state index >= 15 is 17.6 Å². The zero-order valence-electron chi connectivity index (χ0n) is 38.3. The number of pyridine rings is 1. The minimum absolute atomic E-state index is 0.0282. The maximum absolute atomic E-state index is 17.8. The van der Waals surface area contributed by atoms with Crippen LogP contribution in [0.25, 0.3) is 22.2 Å². The topological polar surface area (TPSA) is 106 Å². The van der Waals surface area contributed by atoms with Crippen molar-refractivity contribution in [3.8, 4) is 28.8 Å². The summed E-state index contributed by atoms with van der Waals surface area (Å²) in [5.41, 5.74) is -1.81. The standard InChI is InChI=1S/C49H56ClF4N7O5/c1-29-21-39(59(23-30-11-16-35(63-6)17-12-30)24-31-13-18-36(64-7)19-14-31)55-44(41(29)49(52,53)54)40-38(50)22-37-43(42(40)51)56-46(65-28-34-9-8-20-58(34)5)57-45(37)60-25-32-10-15-33(27-60)61(26-32)47(62)66-48(2,3)4/h11-14,16-19,21-22,32-34H,8-10,15,20,23-28H2,1-7H3/t32?,33?,34-/m0/s1. The lowest BCUT2D eigenvalue weighted by Crippen LogP contribution is -2.49. The number of likely N-dealkylation sites (N-methyl/N-ethyl adjacent to an activating group) is 1. The highest BCUT2D eigenvalue weighted by Gasteiger charge is 2.42. The molecular weight excluding hydrogens is 878 g/mol. The molecule has 0 aliphatic carbocycles. The molecule has 2 unspecified atom stereocenters. The Morgan fingerprint density at radius 3 is 2.11 bits per heavy atom. The average Bonchev–Trinajstić information content (AvgIpc) is 3.45. The average molecular weight is 934 g/mol. The highest BCUT2D eigenvalue weighted by molar-refractivity contribution is 6.34. The summed E-state index contributed by atoms with van der Waals surface area (Å²) in [5.74, 6) is 0.698. The number of anilines is 2. The minimum Gasteiger partial charge on any atom is -0.497 e. The van der Waals surface area contributed by atoms with Crippen molar-refractivity contribution < 1.29 is 41.3 Å². The zero-order valence-corrected chi connectivity index (χ0v) is 39.1. The molecule has 12 nitrogen and oxygen atoms in total. The Morgan fingerprint density at radius 1 is 0.879 bits per heavy atom. The van der Waals surface area contributed by atoms with Crippen molar-refractivity contribution in [3.05, 3.63) is 93.8 Å². The van der Waals surface area contributed by atoms with Gasteiger partial charge in [-0.3, -0.25) is 0 Å². The Balaban J connectivity index is 1.26. The first-order valence-electron chi connectivity index (χ1n) is 22.3. The molecule has 17 heteroatoms. The number of piperidine rings is 1. The molecule has 4 saturated heterocycles. The van der Waals surface area contributed by atoms with Crippen molar-refractivity contribution in [2.75, 3.05) is 63.9 Å². The molecule has 1 amide bonds. The van der Waals surface area contributed by atoms with Gasteiger partial charge < -0.3 is 38.5 Å². The number of fused-ring (bicyclic) bond motifs is 5. The van der Waals surface area contributed by atoms with Crippen LogP contribution in [0.1, 0.15) is 68.7 Å². The number of ether oxygens (including phenoxy) is 4. The predicted octanol–water partition coefficient (Wildman–Crippen LogP) is 10.3. The second-order valence-electron chi connectivity index (χ2n) is 18.6. The molecule has 5 aromatic rings. The maximum atomic E-state index is 17.8. The van der Waals surface area contributed by atoms with Crippen LogP contribution < -0.4 is 24.0 Å². The van der Waals surface area contributed by atoms with Gasteiger partial charge in [-0.15, -0.1) is 0 Å². The molecule has 0 spiro atoms. The molecule has 4 aliphatic heterocycles. The summed E-state index contributed by atoms with van der Waals surface area (Å²) >= 11 is 7.04. The van der Waals surface area contributed by atoms with Gasteiger partial charge in [0.1, 0.15) is 40.9 Å². The fraction of sp³-hybridized carbons (Fsp3) is 0.469. The van der Waals surface area contributed by atoms with Crippen LogP contribution in [0, 0.1) is 18.7 Å². The first kappa shape index (κ1) is 46.9. The van der Waals surface area contributed by atoms with Gasteiger partial charge in [-0.2, -0.15) is 23.1 Å². The summed E-state index contributed by atoms with van der Waals surface area (Å²) in [4.78, 5) is 35.3. The minimum atomic E-state index is -4.95. The Hall–Kier alpha value is -5.61. The number of methoxy groups -OCH3 is 2. The van der Waals surface area contributed by atoms with Gasteiger partial charge >= 0.3 is 18.3 Å². The van der Waals surface area contributed by atoms with Gasteiger partial charge in [0, 0.05) is 44.2 Å². The normalized spacial score (nSPS) is 19.0. The van der Waals surface area contributed by atoms with Crippen molar-refractivity contribution >= 4 is 40.2 Å². The smallest absolute Gasteiger partial charge is 0.418 e. The number of nitrogens with zero attached hydrogens (tertiary/aromatic N) is 7. The van der Waals surface area contributed by atoms with Crippen molar-refractivity contribution in [1.29, 1.82) is 0 Å². The third kappa shape index (κ3) is 10.2. The van der Waals surface area contributed by atoms with Gasteiger partial charge in [-0.25, -0.2) is 14.2 Å². The first-order valence-corrected chi connectivity index (χ1v) is 22.6. The van der Waals surface area contributed by atoms with E-state index in [2.05, 4.69) is 14.9 Å². The Kier molecular flexibility index (Phi) is 13.5. The van der Waals surface area contributed by atoms with Gasteiger partial charge in [0.15, 0.2) is 5.82 Å². The van der Waals surface area contributed by atoms with Gasteiger partial charge in [-0.1, -0.05) is 35.9 Å². The second kappa shape index (κ2) is 18.9. The predicted molar refractivity (Wildman–Crippen MR) is 246 cm³/mol. The maximum Gasteiger partial charge on any atom is 0.418 e. The lowest BCUT2D eigenvalue weighted by molar-refractivity contribution is -0.137. The molecule has 4 fully saturated rings. The fourth-order valence-electron chi connectivity index (χ4n) is 9.32. The van der Waals surface area contributed by atoms with Crippen LogP contribution in [-0.4, -0.2) is 103 Å². The molecule has 4 aliphatic rings. The molecule has 0 radical (unpaired) electrons. The van der Waals surface area contributed by atoms with E-state index in [0.717, 1.165) is 43.4 Å². The van der Waals surface area contributed by atoms with Gasteiger partial charge in [0.2, 0.25) is 0 Å². The van der Waals surface area contributed by atoms with E-state index < -0.39 is 40.5 Å². The molecule has 2 bridgehead atoms. The highest BCUT2D eigenvalue weighted by Crippen LogP contribution is 2.46. The summed E-state index contributed by atoms with van der Waals surface area (Å²) in [6, 6.07) is 17.2. The quantitative estimate of drug-likeness (QED) is 0.112. The number of likely N-dealkylation sites (tertiary alicyclic amines) is 1. The van der Waals surface area contributed by atoms with Crippen LogP contribution >= 0.6 is 11.6 Å². The van der Waals surface area contributed by atoms with Crippen LogP contribution in [0.15, 0.2) is 60.7 Å². The molecule has 3 atom stereocenters. The second-order valence-corrected chi connectivity index (χ2v) is 19.0. The third-order valence-electron chi connectivity index (χ3n) is 12.7. The Morgan fingerprint density at radius 2 is 1.53 bits per heavy atom. The van der Waals surface area contributed by atoms with Gasteiger partial charge in [0.05, 0.1) is 42.1 Å². The van der Waals surface area contributed by atoms with Crippen LogP contribution in [0.5, 0.6) is 17.5 Å². The number of alkyl halides is 3. The highest BCUT2D eigenvalue weighted by atomic mass is 35.5. The van der Waals surface area contributed by atoms with Gasteiger partial charge in [-0.05, 0) is 126 Å². The van der Waals surface area contributed by atoms with Crippen LogP contribution in [0.4, 0.5) is 34.0 Å². The Labute approximate surface area is 387 Å². The number of halogens is 5. The van der Waals surface area contributed by atoms with Crippen LogP contribution in [0.2, 0.25) is 5.02 Å². The molecule has 9 rings (SSSR count). The molecule has 66 heavy (non-hydrogen) atoms.